The molecule has 2 aromatic heterocycles. The van der Waals surface area contributed by atoms with Gasteiger partial charge in [-0.15, -0.1) is 0 Å². The van der Waals surface area contributed by atoms with E-state index in [1.165, 1.54) is 31.2 Å². The van der Waals surface area contributed by atoms with Crippen molar-refractivity contribution in [2.45, 2.75) is 44.8 Å². The van der Waals surface area contributed by atoms with E-state index in [0.717, 1.165) is 23.3 Å². The second kappa shape index (κ2) is 8.33. The first-order chi connectivity index (χ1) is 14.0. The Morgan fingerprint density at radius 3 is 2.52 bits per heavy atom. The normalized spacial score (nSPS) is 14.8. The van der Waals surface area contributed by atoms with Gasteiger partial charge in [0.15, 0.2) is 5.65 Å². The summed E-state index contributed by atoms with van der Waals surface area (Å²) in [6.45, 7) is 1.45. The van der Waals surface area contributed by atoms with E-state index in [2.05, 4.69) is 57.8 Å². The predicted molar refractivity (Wildman–Crippen MR) is 115 cm³/mol. The van der Waals surface area contributed by atoms with Crippen LogP contribution in [0, 0.1) is 0 Å². The van der Waals surface area contributed by atoms with Crippen molar-refractivity contribution in [3.63, 3.8) is 0 Å². The number of hydrogen-bond donors (Lipinski definition) is 0. The van der Waals surface area contributed by atoms with Crippen molar-refractivity contribution in [2.75, 3.05) is 21.1 Å². The van der Waals surface area contributed by atoms with Gasteiger partial charge in [-0.25, -0.2) is 9.97 Å². The third-order valence-corrected chi connectivity index (χ3v) is 5.63. The van der Waals surface area contributed by atoms with Gasteiger partial charge in [0.25, 0.3) is 5.91 Å². The van der Waals surface area contributed by atoms with Crippen molar-refractivity contribution in [1.82, 2.24) is 24.3 Å². The molecule has 1 saturated carbocycles. The number of fused-ring (bicyclic) bond motifs is 1. The minimum Gasteiger partial charge on any atom is -0.337 e. The highest BCUT2D eigenvalue weighted by atomic mass is 16.2. The highest BCUT2D eigenvalue weighted by molar-refractivity contribution is 5.96. The molecule has 3 aromatic rings. The predicted octanol–water partition coefficient (Wildman–Crippen LogP) is 3.88. The summed E-state index contributed by atoms with van der Waals surface area (Å²) in [6.07, 6.45) is 8.47. The summed E-state index contributed by atoms with van der Waals surface area (Å²) in [4.78, 5) is 25.9. The molecule has 0 atom stereocenters. The zero-order valence-corrected chi connectivity index (χ0v) is 17.5. The fraction of sp³-hybridized carbons (Fsp3) is 0.435. The SMILES string of the molecule is CN(C)Cc1cccc(CN(C)C(=O)c2cnc3c(c2)ncn3C2CCCC2)c1. The Morgan fingerprint density at radius 2 is 1.79 bits per heavy atom. The number of rotatable bonds is 6. The topological polar surface area (TPSA) is 54.3 Å². The Kier molecular flexibility index (Phi) is 5.62. The van der Waals surface area contributed by atoms with Crippen molar-refractivity contribution >= 4 is 17.1 Å². The van der Waals surface area contributed by atoms with Crippen LogP contribution in [0.15, 0.2) is 42.9 Å². The second-order valence-electron chi connectivity index (χ2n) is 8.38. The Hall–Kier alpha value is -2.73. The summed E-state index contributed by atoms with van der Waals surface area (Å²) in [5, 5.41) is 0. The fourth-order valence-electron chi connectivity index (χ4n) is 4.24. The van der Waals surface area contributed by atoms with E-state index in [-0.39, 0.29) is 5.91 Å². The van der Waals surface area contributed by atoms with Gasteiger partial charge in [0.2, 0.25) is 0 Å². The monoisotopic (exact) mass is 391 g/mol. The summed E-state index contributed by atoms with van der Waals surface area (Å²) in [6, 6.07) is 10.8. The standard InChI is InChI=1S/C23H29N5O/c1-26(2)14-17-7-6-8-18(11-17)15-27(3)23(29)19-12-21-22(24-13-19)28(16-25-21)20-9-4-5-10-20/h6-8,11-13,16,20H,4-5,9-10,14-15H2,1-3H3. The molecular weight excluding hydrogens is 362 g/mol. The summed E-state index contributed by atoms with van der Waals surface area (Å²) in [5.74, 6) is -0.0344. The number of hydrogen-bond acceptors (Lipinski definition) is 4. The molecule has 0 saturated heterocycles. The molecule has 0 bridgehead atoms. The van der Waals surface area contributed by atoms with Crippen LogP contribution in [0.1, 0.15) is 53.2 Å². The lowest BCUT2D eigenvalue weighted by atomic mass is 10.1. The molecule has 1 amide bonds. The Balaban J connectivity index is 1.49. The van der Waals surface area contributed by atoms with Crippen LogP contribution in [0.25, 0.3) is 11.2 Å². The smallest absolute Gasteiger partial charge is 0.255 e. The Morgan fingerprint density at radius 1 is 1.07 bits per heavy atom. The van der Waals surface area contributed by atoms with Crippen LogP contribution < -0.4 is 0 Å². The number of imidazole rings is 1. The van der Waals surface area contributed by atoms with Crippen molar-refractivity contribution in [2.24, 2.45) is 0 Å². The third kappa shape index (κ3) is 4.32. The van der Waals surface area contributed by atoms with E-state index in [0.29, 0.717) is 18.2 Å². The molecule has 0 spiro atoms. The largest absolute Gasteiger partial charge is 0.337 e. The minimum absolute atomic E-state index is 0.0344. The van der Waals surface area contributed by atoms with Crippen molar-refractivity contribution in [1.29, 1.82) is 0 Å². The summed E-state index contributed by atoms with van der Waals surface area (Å²) >= 11 is 0. The summed E-state index contributed by atoms with van der Waals surface area (Å²) < 4.78 is 2.18. The van der Waals surface area contributed by atoms with Gasteiger partial charge in [0, 0.05) is 32.4 Å². The van der Waals surface area contributed by atoms with Crippen LogP contribution >= 0.6 is 0 Å². The van der Waals surface area contributed by atoms with Gasteiger partial charge in [-0.05, 0) is 44.1 Å². The molecule has 6 nitrogen and oxygen atoms in total. The molecule has 29 heavy (non-hydrogen) atoms. The minimum atomic E-state index is -0.0344. The zero-order chi connectivity index (χ0) is 20.4. The molecule has 0 unspecified atom stereocenters. The van der Waals surface area contributed by atoms with Crippen LogP contribution in [0.4, 0.5) is 0 Å². The van der Waals surface area contributed by atoms with E-state index in [4.69, 9.17) is 0 Å². The fourth-order valence-corrected chi connectivity index (χ4v) is 4.24. The lowest BCUT2D eigenvalue weighted by Gasteiger charge is -2.18. The zero-order valence-electron chi connectivity index (χ0n) is 17.5. The number of amides is 1. The van der Waals surface area contributed by atoms with Gasteiger partial charge in [-0.3, -0.25) is 4.79 Å². The Labute approximate surface area is 172 Å². The molecule has 152 valence electrons. The van der Waals surface area contributed by atoms with Crippen LogP contribution in [-0.2, 0) is 13.1 Å². The van der Waals surface area contributed by atoms with Crippen molar-refractivity contribution in [3.8, 4) is 0 Å². The molecule has 0 N–H and O–H groups in total. The van der Waals surface area contributed by atoms with Gasteiger partial charge < -0.3 is 14.4 Å². The molecule has 1 aliphatic rings. The maximum Gasteiger partial charge on any atom is 0.255 e. The molecular formula is C23H29N5O. The van der Waals surface area contributed by atoms with Crippen LogP contribution in [0.2, 0.25) is 0 Å². The van der Waals surface area contributed by atoms with Crippen LogP contribution in [-0.4, -0.2) is 51.4 Å². The molecule has 0 aliphatic heterocycles. The second-order valence-corrected chi connectivity index (χ2v) is 8.38. The van der Waals surface area contributed by atoms with Gasteiger partial charge in [0.1, 0.15) is 5.52 Å². The first kappa shape index (κ1) is 19.6. The Bertz CT molecular complexity index is 1000. The average Bonchev–Trinajstić information content (AvgIpc) is 3.36. The maximum atomic E-state index is 13.0. The highest BCUT2D eigenvalue weighted by Crippen LogP contribution is 2.31. The maximum absolute atomic E-state index is 13.0. The molecule has 4 rings (SSSR count). The van der Waals surface area contributed by atoms with Gasteiger partial charge >= 0.3 is 0 Å². The van der Waals surface area contributed by atoms with Crippen LogP contribution in [0.5, 0.6) is 0 Å². The molecule has 1 aromatic carbocycles. The lowest BCUT2D eigenvalue weighted by Crippen LogP contribution is -2.26. The van der Waals surface area contributed by atoms with Crippen molar-refractivity contribution < 1.29 is 4.79 Å². The number of pyridine rings is 1. The van der Waals surface area contributed by atoms with Gasteiger partial charge in [0.05, 0.1) is 11.9 Å². The van der Waals surface area contributed by atoms with Gasteiger partial charge in [-0.1, -0.05) is 37.1 Å². The number of carbonyl (C=O) groups excluding carboxylic acids is 1. The van der Waals surface area contributed by atoms with Crippen molar-refractivity contribution in [3.05, 3.63) is 59.5 Å². The molecule has 1 fully saturated rings. The molecule has 6 heteroatoms. The van der Waals surface area contributed by atoms with E-state index in [9.17, 15) is 4.79 Å². The lowest BCUT2D eigenvalue weighted by molar-refractivity contribution is 0.0785. The van der Waals surface area contributed by atoms with E-state index in [1.54, 1.807) is 11.1 Å². The molecule has 1 aliphatic carbocycles. The summed E-state index contributed by atoms with van der Waals surface area (Å²) in [7, 11) is 5.95. The first-order valence-electron chi connectivity index (χ1n) is 10.3. The number of aromatic nitrogens is 3. The quantitative estimate of drug-likeness (QED) is 0.640. The first-order valence-corrected chi connectivity index (χ1v) is 10.3. The number of carbonyl (C=O) groups is 1. The molecule has 0 radical (unpaired) electrons. The van der Waals surface area contributed by atoms with Gasteiger partial charge in [-0.2, -0.15) is 0 Å². The third-order valence-electron chi connectivity index (χ3n) is 5.63. The van der Waals surface area contributed by atoms with E-state index in [1.807, 2.05) is 19.4 Å². The average molecular weight is 392 g/mol. The summed E-state index contributed by atoms with van der Waals surface area (Å²) in [5.41, 5.74) is 4.63. The molecule has 2 heterocycles. The van der Waals surface area contributed by atoms with E-state index < -0.39 is 0 Å². The number of nitrogens with zero attached hydrogens (tertiary/aromatic N) is 5. The van der Waals surface area contributed by atoms with E-state index >= 15 is 0 Å². The number of benzene rings is 1. The van der Waals surface area contributed by atoms with Crippen LogP contribution in [0.3, 0.4) is 0 Å². The highest BCUT2D eigenvalue weighted by Gasteiger charge is 2.20.